The van der Waals surface area contributed by atoms with E-state index in [2.05, 4.69) is 5.32 Å². The number of hydrogen-bond acceptors (Lipinski definition) is 5. The van der Waals surface area contributed by atoms with E-state index in [1.165, 1.54) is 0 Å². The Labute approximate surface area is 94.3 Å². The molecule has 0 aliphatic carbocycles. The normalized spacial score (nSPS) is 11.2. The minimum absolute atomic E-state index is 0.204. The number of hydrogen-bond donors (Lipinski definition) is 4. The third kappa shape index (κ3) is 5.20. The van der Waals surface area contributed by atoms with Gasteiger partial charge in [0.15, 0.2) is 0 Å². The second-order valence-corrected chi connectivity index (χ2v) is 3.72. The molecule has 0 spiro atoms. The van der Waals surface area contributed by atoms with Gasteiger partial charge in [-0.2, -0.15) is 0 Å². The highest BCUT2D eigenvalue weighted by atomic mass is 16.3. The molecule has 0 aromatic rings. The van der Waals surface area contributed by atoms with Crippen LogP contribution in [0.3, 0.4) is 0 Å². The zero-order valence-corrected chi connectivity index (χ0v) is 9.19. The Kier molecular flexibility index (Phi) is 7.70. The van der Waals surface area contributed by atoms with Crippen LogP contribution < -0.4 is 5.32 Å². The van der Waals surface area contributed by atoms with Gasteiger partial charge < -0.3 is 25.4 Å². The van der Waals surface area contributed by atoms with E-state index in [4.69, 9.17) is 15.3 Å². The van der Waals surface area contributed by atoms with Gasteiger partial charge in [0.1, 0.15) is 11.8 Å². The average molecular weight is 233 g/mol. The lowest BCUT2D eigenvalue weighted by Gasteiger charge is -2.28. The highest BCUT2D eigenvalue weighted by Crippen LogP contribution is 2.04. The molecule has 0 saturated carbocycles. The molecule has 0 heterocycles. The van der Waals surface area contributed by atoms with Crippen LogP contribution in [0.25, 0.3) is 0 Å². The second-order valence-electron chi connectivity index (χ2n) is 3.72. The van der Waals surface area contributed by atoms with Crippen molar-refractivity contribution in [3.63, 3.8) is 0 Å². The van der Waals surface area contributed by atoms with E-state index in [0.29, 0.717) is 19.3 Å². The van der Waals surface area contributed by atoms with Gasteiger partial charge in [0.2, 0.25) is 5.91 Å². The zero-order valence-electron chi connectivity index (χ0n) is 9.19. The smallest absolute Gasteiger partial charge is 0.220 e. The molecule has 0 aromatic carbocycles. The fourth-order valence-electron chi connectivity index (χ4n) is 1.14. The molecule has 0 unspecified atom stereocenters. The molecule has 0 bridgehead atoms. The zero-order chi connectivity index (χ0) is 12.4. The van der Waals surface area contributed by atoms with Gasteiger partial charge in [-0.25, -0.2) is 0 Å². The summed E-state index contributed by atoms with van der Waals surface area (Å²) in [6.45, 7) is -1.58. The molecule has 1 amide bonds. The van der Waals surface area contributed by atoms with E-state index < -0.39 is 25.4 Å². The van der Waals surface area contributed by atoms with Crippen LogP contribution >= 0.6 is 0 Å². The summed E-state index contributed by atoms with van der Waals surface area (Å²) >= 11 is 0. The quantitative estimate of drug-likeness (QED) is 0.289. The number of unbranched alkanes of at least 4 members (excludes halogenated alkanes) is 2. The lowest BCUT2D eigenvalue weighted by Crippen LogP contribution is -2.57. The fourth-order valence-corrected chi connectivity index (χ4v) is 1.14. The van der Waals surface area contributed by atoms with Gasteiger partial charge in [-0.05, 0) is 12.8 Å². The molecule has 4 N–H and O–H groups in total. The van der Waals surface area contributed by atoms with Crippen LogP contribution in [-0.2, 0) is 9.59 Å². The van der Waals surface area contributed by atoms with E-state index in [0.717, 1.165) is 6.29 Å². The molecule has 6 nitrogen and oxygen atoms in total. The first-order valence-corrected chi connectivity index (χ1v) is 5.21. The summed E-state index contributed by atoms with van der Waals surface area (Å²) in [6, 6.07) is 0. The van der Waals surface area contributed by atoms with Crippen molar-refractivity contribution in [2.24, 2.45) is 0 Å². The Morgan fingerprint density at radius 1 is 1.12 bits per heavy atom. The van der Waals surface area contributed by atoms with Crippen molar-refractivity contribution in [3.05, 3.63) is 0 Å². The van der Waals surface area contributed by atoms with Crippen LogP contribution in [0.2, 0.25) is 0 Å². The Morgan fingerprint density at radius 2 is 1.69 bits per heavy atom. The molecule has 0 radical (unpaired) electrons. The first kappa shape index (κ1) is 15.0. The predicted molar refractivity (Wildman–Crippen MR) is 56.7 cm³/mol. The Hall–Kier alpha value is -0.980. The van der Waals surface area contributed by atoms with E-state index in [1.54, 1.807) is 0 Å². The van der Waals surface area contributed by atoms with Crippen LogP contribution in [0.1, 0.15) is 25.7 Å². The minimum atomic E-state index is -1.36. The average Bonchev–Trinajstić information content (AvgIpc) is 2.32. The molecular weight excluding hydrogens is 214 g/mol. The third-order valence-electron chi connectivity index (χ3n) is 2.29. The van der Waals surface area contributed by atoms with Crippen molar-refractivity contribution in [1.82, 2.24) is 5.32 Å². The number of amides is 1. The number of nitrogens with one attached hydrogen (secondary N) is 1. The molecule has 0 saturated heterocycles. The lowest BCUT2D eigenvalue weighted by molar-refractivity contribution is -0.125. The van der Waals surface area contributed by atoms with Gasteiger partial charge >= 0.3 is 0 Å². The van der Waals surface area contributed by atoms with Crippen LogP contribution in [0.4, 0.5) is 0 Å². The van der Waals surface area contributed by atoms with E-state index in [9.17, 15) is 9.59 Å². The molecule has 0 rings (SSSR count). The standard InChI is InChI=1S/C10H19NO5/c12-5-3-1-2-4-9(16)11-10(6-13,7-14)8-15/h5,13-15H,1-4,6-8H2,(H,11,16). The Bertz CT molecular complexity index is 207. The van der Waals surface area contributed by atoms with Crippen molar-refractivity contribution < 1.29 is 24.9 Å². The summed E-state index contributed by atoms with van der Waals surface area (Å²) in [5.74, 6) is -0.358. The maximum atomic E-state index is 11.4. The van der Waals surface area contributed by atoms with Crippen LogP contribution in [0, 0.1) is 0 Å². The van der Waals surface area contributed by atoms with E-state index in [1.807, 2.05) is 0 Å². The van der Waals surface area contributed by atoms with Crippen molar-refractivity contribution in [2.75, 3.05) is 19.8 Å². The number of aliphatic hydroxyl groups excluding tert-OH is 3. The highest BCUT2D eigenvalue weighted by molar-refractivity contribution is 5.76. The predicted octanol–water partition coefficient (Wildman–Crippen LogP) is -1.42. The molecule has 6 heteroatoms. The monoisotopic (exact) mass is 233 g/mol. The van der Waals surface area contributed by atoms with Crippen molar-refractivity contribution >= 4 is 12.2 Å². The summed E-state index contributed by atoms with van der Waals surface area (Å²) in [5, 5.41) is 29.2. The van der Waals surface area contributed by atoms with Crippen molar-refractivity contribution in [1.29, 1.82) is 0 Å². The number of carbonyl (C=O) groups excluding carboxylic acids is 2. The van der Waals surface area contributed by atoms with Crippen LogP contribution in [-0.4, -0.2) is 52.9 Å². The molecular formula is C10H19NO5. The van der Waals surface area contributed by atoms with Crippen LogP contribution in [0.5, 0.6) is 0 Å². The largest absolute Gasteiger partial charge is 0.394 e. The maximum absolute atomic E-state index is 11.4. The van der Waals surface area contributed by atoms with Gasteiger partial charge in [0.25, 0.3) is 0 Å². The number of aldehydes is 1. The Morgan fingerprint density at radius 3 is 2.12 bits per heavy atom. The first-order valence-electron chi connectivity index (χ1n) is 5.21. The molecule has 0 fully saturated rings. The van der Waals surface area contributed by atoms with Gasteiger partial charge in [0, 0.05) is 12.8 Å². The number of aliphatic hydroxyl groups is 3. The van der Waals surface area contributed by atoms with Crippen LogP contribution in [0.15, 0.2) is 0 Å². The van der Waals surface area contributed by atoms with Gasteiger partial charge in [-0.15, -0.1) is 0 Å². The summed E-state index contributed by atoms with van der Waals surface area (Å²) in [4.78, 5) is 21.4. The molecule has 16 heavy (non-hydrogen) atoms. The Balaban J connectivity index is 3.95. The molecule has 0 aliphatic rings. The lowest BCUT2D eigenvalue weighted by atomic mass is 10.0. The summed E-state index contributed by atoms with van der Waals surface area (Å²) in [5.41, 5.74) is -1.36. The second kappa shape index (κ2) is 8.20. The topological polar surface area (TPSA) is 107 Å². The molecule has 0 atom stereocenters. The number of rotatable bonds is 9. The summed E-state index contributed by atoms with van der Waals surface area (Å²) < 4.78 is 0. The summed E-state index contributed by atoms with van der Waals surface area (Å²) in [6.07, 6.45) is 2.59. The highest BCUT2D eigenvalue weighted by Gasteiger charge is 2.29. The SMILES string of the molecule is O=CCCCCC(=O)NC(CO)(CO)CO. The molecule has 0 aromatic heterocycles. The van der Waals surface area contributed by atoms with Crippen molar-refractivity contribution in [2.45, 2.75) is 31.2 Å². The molecule has 0 aliphatic heterocycles. The third-order valence-corrected chi connectivity index (χ3v) is 2.29. The van der Waals surface area contributed by atoms with Crippen molar-refractivity contribution in [3.8, 4) is 0 Å². The van der Waals surface area contributed by atoms with Gasteiger partial charge in [0.05, 0.1) is 19.8 Å². The van der Waals surface area contributed by atoms with E-state index in [-0.39, 0.29) is 12.3 Å². The number of carbonyl (C=O) groups is 2. The van der Waals surface area contributed by atoms with E-state index >= 15 is 0 Å². The minimum Gasteiger partial charge on any atom is -0.394 e. The van der Waals surface area contributed by atoms with Gasteiger partial charge in [-0.3, -0.25) is 4.79 Å². The maximum Gasteiger partial charge on any atom is 0.220 e. The van der Waals surface area contributed by atoms with Gasteiger partial charge in [-0.1, -0.05) is 0 Å². The first-order chi connectivity index (χ1) is 7.64. The fraction of sp³-hybridized carbons (Fsp3) is 0.800. The summed E-state index contributed by atoms with van der Waals surface area (Å²) in [7, 11) is 0. The molecule has 94 valence electrons.